The number of benzene rings is 2. The number of para-hydroxylation sites is 2. The zero-order valence-electron chi connectivity index (χ0n) is 21.0. The van der Waals surface area contributed by atoms with Crippen molar-refractivity contribution >= 4 is 16.9 Å². The molecule has 5 nitrogen and oxygen atoms in total. The van der Waals surface area contributed by atoms with Gasteiger partial charge in [-0.3, -0.25) is 9.69 Å². The highest BCUT2D eigenvalue weighted by Crippen LogP contribution is 2.58. The number of piperidine rings is 1. The van der Waals surface area contributed by atoms with Crippen LogP contribution in [0.15, 0.2) is 54.6 Å². The summed E-state index contributed by atoms with van der Waals surface area (Å²) in [5.41, 5.74) is 0.867. The highest BCUT2D eigenvalue weighted by atomic mass is 19.4. The Morgan fingerprint density at radius 2 is 1.68 bits per heavy atom. The minimum Gasteiger partial charge on any atom is -0.348 e. The van der Waals surface area contributed by atoms with Crippen LogP contribution < -0.4 is 5.32 Å². The summed E-state index contributed by atoms with van der Waals surface area (Å²) in [6, 6.07) is 18.5. The van der Waals surface area contributed by atoms with E-state index in [-0.39, 0.29) is 12.8 Å². The summed E-state index contributed by atoms with van der Waals surface area (Å²) in [6.07, 6.45) is 0.185. The smallest absolute Gasteiger partial charge is 0.348 e. The standard InChI is InChI=1S/C29H33F3N4O/c1-19-33-25-9-5-6-10-26(25)36(19)23-17-21-11-12-22(18-23)35(21)16-13-24(20-7-3-2-4-8-20)34-27(37)28(14-15-28)29(30,31)32/h2-10,21-24H,11-18H2,1H3,(H,34,37)/t21-,22+,23?,24-/m0/s1. The molecule has 2 aliphatic heterocycles. The van der Waals surface area contributed by atoms with E-state index in [1.165, 1.54) is 5.52 Å². The Morgan fingerprint density at radius 1 is 1.03 bits per heavy atom. The van der Waals surface area contributed by atoms with Gasteiger partial charge in [-0.15, -0.1) is 0 Å². The van der Waals surface area contributed by atoms with E-state index < -0.39 is 23.5 Å². The van der Waals surface area contributed by atoms with E-state index in [1.807, 2.05) is 36.4 Å². The molecule has 1 N–H and O–H groups in total. The highest BCUT2D eigenvalue weighted by molar-refractivity contribution is 5.86. The van der Waals surface area contributed by atoms with Gasteiger partial charge in [0.05, 0.1) is 17.1 Å². The Morgan fingerprint density at radius 3 is 2.32 bits per heavy atom. The van der Waals surface area contributed by atoms with Crippen LogP contribution in [0, 0.1) is 12.3 Å². The number of aryl methyl sites for hydroxylation is 1. The van der Waals surface area contributed by atoms with Crippen LogP contribution in [0.5, 0.6) is 0 Å². The molecule has 1 aliphatic carbocycles. The lowest BCUT2D eigenvalue weighted by Gasteiger charge is -2.40. The van der Waals surface area contributed by atoms with Crippen molar-refractivity contribution in [3.8, 4) is 0 Å². The quantitative estimate of drug-likeness (QED) is 0.418. The van der Waals surface area contributed by atoms with Gasteiger partial charge in [-0.05, 0) is 69.6 Å². The normalized spacial score (nSPS) is 25.8. The molecule has 3 fully saturated rings. The van der Waals surface area contributed by atoms with Crippen molar-refractivity contribution in [2.75, 3.05) is 6.54 Å². The number of hydrogen-bond acceptors (Lipinski definition) is 3. The fourth-order valence-corrected chi connectivity index (χ4v) is 6.79. The van der Waals surface area contributed by atoms with Gasteiger partial charge in [0.2, 0.25) is 5.91 Å². The molecule has 3 heterocycles. The Balaban J connectivity index is 1.16. The van der Waals surface area contributed by atoms with Crippen LogP contribution in [0.2, 0.25) is 0 Å². The molecular formula is C29H33F3N4O. The molecule has 1 saturated carbocycles. The van der Waals surface area contributed by atoms with Crippen LogP contribution in [0.25, 0.3) is 11.0 Å². The molecule has 2 bridgehead atoms. The van der Waals surface area contributed by atoms with Crippen LogP contribution in [-0.4, -0.2) is 45.2 Å². The summed E-state index contributed by atoms with van der Waals surface area (Å²) in [4.78, 5) is 20.1. The van der Waals surface area contributed by atoms with E-state index in [0.29, 0.717) is 24.5 Å². The molecule has 4 atom stereocenters. The number of nitrogens with one attached hydrogen (secondary N) is 1. The van der Waals surface area contributed by atoms with Gasteiger partial charge in [0.15, 0.2) is 0 Å². The van der Waals surface area contributed by atoms with Crippen LogP contribution in [0.4, 0.5) is 13.2 Å². The van der Waals surface area contributed by atoms with Gasteiger partial charge in [-0.1, -0.05) is 42.5 Å². The van der Waals surface area contributed by atoms with Gasteiger partial charge >= 0.3 is 6.18 Å². The minimum absolute atomic E-state index is 0.121. The first kappa shape index (κ1) is 24.5. The first-order chi connectivity index (χ1) is 17.8. The molecule has 6 rings (SSSR count). The van der Waals surface area contributed by atoms with Gasteiger partial charge < -0.3 is 9.88 Å². The number of amides is 1. The van der Waals surface area contributed by atoms with Gasteiger partial charge in [0.25, 0.3) is 0 Å². The van der Waals surface area contributed by atoms with Gasteiger partial charge in [-0.25, -0.2) is 4.98 Å². The van der Waals surface area contributed by atoms with Gasteiger partial charge in [0.1, 0.15) is 11.2 Å². The van der Waals surface area contributed by atoms with Crippen LogP contribution in [-0.2, 0) is 4.79 Å². The molecule has 1 aromatic heterocycles. The van der Waals surface area contributed by atoms with Crippen molar-refractivity contribution in [2.24, 2.45) is 5.41 Å². The molecule has 196 valence electrons. The molecule has 3 aliphatic rings. The number of fused-ring (bicyclic) bond motifs is 3. The van der Waals surface area contributed by atoms with Crippen molar-refractivity contribution in [1.29, 1.82) is 0 Å². The number of carbonyl (C=O) groups excluding carboxylic acids is 1. The second kappa shape index (κ2) is 9.15. The first-order valence-electron chi connectivity index (χ1n) is 13.4. The van der Waals surface area contributed by atoms with Crippen LogP contribution in [0.3, 0.4) is 0 Å². The minimum atomic E-state index is -4.51. The molecule has 37 heavy (non-hydrogen) atoms. The SMILES string of the molecule is Cc1nc2ccccc2n1C1C[C@H]2CC[C@@H](C1)N2CC[C@H](NC(=O)C1(C(F)(F)F)CC1)c1ccccc1. The molecule has 8 heteroatoms. The van der Waals surface area contributed by atoms with Crippen molar-refractivity contribution in [3.63, 3.8) is 0 Å². The maximum atomic E-state index is 13.6. The fraction of sp³-hybridized carbons (Fsp3) is 0.517. The van der Waals surface area contributed by atoms with E-state index >= 15 is 0 Å². The molecule has 1 unspecified atom stereocenters. The van der Waals surface area contributed by atoms with Crippen molar-refractivity contribution in [2.45, 2.75) is 82.2 Å². The molecular weight excluding hydrogens is 477 g/mol. The summed E-state index contributed by atoms with van der Waals surface area (Å²) in [6.45, 7) is 2.83. The van der Waals surface area contributed by atoms with Gasteiger partial charge in [-0.2, -0.15) is 13.2 Å². The lowest BCUT2D eigenvalue weighted by molar-refractivity contribution is -0.192. The molecule has 2 saturated heterocycles. The van der Waals surface area contributed by atoms with E-state index in [1.54, 1.807) is 0 Å². The lowest BCUT2D eigenvalue weighted by atomic mass is 9.95. The van der Waals surface area contributed by atoms with E-state index in [2.05, 4.69) is 39.9 Å². The van der Waals surface area contributed by atoms with Crippen LogP contribution in [0.1, 0.15) is 68.4 Å². The molecule has 3 aromatic rings. The molecule has 1 amide bonds. The molecule has 0 spiro atoms. The fourth-order valence-electron chi connectivity index (χ4n) is 6.79. The Bertz CT molecular complexity index is 1270. The summed E-state index contributed by atoms with van der Waals surface area (Å²) in [7, 11) is 0. The zero-order chi connectivity index (χ0) is 25.8. The van der Waals surface area contributed by atoms with Crippen LogP contribution >= 0.6 is 0 Å². The summed E-state index contributed by atoms with van der Waals surface area (Å²) >= 11 is 0. The van der Waals surface area contributed by atoms with E-state index in [0.717, 1.165) is 49.1 Å². The monoisotopic (exact) mass is 510 g/mol. The number of carbonyl (C=O) groups is 1. The third kappa shape index (κ3) is 4.33. The largest absolute Gasteiger partial charge is 0.403 e. The number of alkyl halides is 3. The second-order valence-corrected chi connectivity index (χ2v) is 11.1. The summed E-state index contributed by atoms with van der Waals surface area (Å²) in [5.74, 6) is 0.169. The predicted molar refractivity (Wildman–Crippen MR) is 136 cm³/mol. The van der Waals surface area contributed by atoms with Crippen molar-refractivity contribution in [1.82, 2.24) is 19.8 Å². The predicted octanol–water partition coefficient (Wildman–Crippen LogP) is 6.10. The number of aromatic nitrogens is 2. The zero-order valence-corrected chi connectivity index (χ0v) is 21.0. The van der Waals surface area contributed by atoms with Gasteiger partial charge in [0, 0.05) is 24.7 Å². The summed E-state index contributed by atoms with van der Waals surface area (Å²) in [5, 5.41) is 2.79. The summed E-state index contributed by atoms with van der Waals surface area (Å²) < 4.78 is 43.2. The molecule has 0 radical (unpaired) electrons. The maximum Gasteiger partial charge on any atom is 0.403 e. The first-order valence-corrected chi connectivity index (χ1v) is 13.4. The topological polar surface area (TPSA) is 50.2 Å². The number of rotatable bonds is 7. The average molecular weight is 511 g/mol. The van der Waals surface area contributed by atoms with Crippen molar-refractivity contribution < 1.29 is 18.0 Å². The third-order valence-corrected chi connectivity index (χ3v) is 8.91. The number of nitrogens with zero attached hydrogens (tertiary/aromatic N) is 3. The number of imidazole rings is 1. The lowest BCUT2D eigenvalue weighted by Crippen LogP contribution is -2.46. The third-order valence-electron chi connectivity index (χ3n) is 8.91. The van der Waals surface area contributed by atoms with E-state index in [4.69, 9.17) is 4.98 Å². The Hall–Kier alpha value is -2.87. The highest BCUT2D eigenvalue weighted by Gasteiger charge is 2.68. The Labute approximate surface area is 215 Å². The number of halogens is 3. The number of hydrogen-bond donors (Lipinski definition) is 1. The maximum absolute atomic E-state index is 13.6. The average Bonchev–Trinajstić information content (AvgIpc) is 3.59. The van der Waals surface area contributed by atoms with E-state index in [9.17, 15) is 18.0 Å². The van der Waals surface area contributed by atoms with Crippen molar-refractivity contribution in [3.05, 3.63) is 66.0 Å². The molecule has 2 aromatic carbocycles. The Kier molecular flexibility index (Phi) is 6.05. The second-order valence-electron chi connectivity index (χ2n) is 11.1.